The van der Waals surface area contributed by atoms with E-state index in [2.05, 4.69) is 4.89 Å². The fourth-order valence-electron chi connectivity index (χ4n) is 2.29. The summed E-state index contributed by atoms with van der Waals surface area (Å²) in [6.07, 6.45) is -1.78. The molecule has 0 aliphatic carbocycles. The first-order chi connectivity index (χ1) is 9.76. The van der Waals surface area contributed by atoms with Crippen LogP contribution >= 0.6 is 0 Å². The zero-order valence-electron chi connectivity index (χ0n) is 10.4. The van der Waals surface area contributed by atoms with Gasteiger partial charge in [0.1, 0.15) is 0 Å². The number of benzene rings is 2. The number of hydrogen-bond donors (Lipinski definition) is 1. The van der Waals surface area contributed by atoms with E-state index in [0.29, 0.717) is 11.1 Å². The zero-order valence-corrected chi connectivity index (χ0v) is 10.4. The Kier molecular flexibility index (Phi) is 3.14. The quantitative estimate of drug-likeness (QED) is 0.528. The van der Waals surface area contributed by atoms with Crippen LogP contribution in [0.25, 0.3) is 0 Å². The van der Waals surface area contributed by atoms with Gasteiger partial charge >= 0.3 is 11.9 Å². The van der Waals surface area contributed by atoms with Gasteiger partial charge in [0, 0.05) is 5.56 Å². The summed E-state index contributed by atoms with van der Waals surface area (Å²) in [4.78, 5) is 16.1. The van der Waals surface area contributed by atoms with Crippen LogP contribution in [0.1, 0.15) is 17.2 Å². The third-order valence-electron chi connectivity index (χ3n) is 3.21. The number of cyclic esters (lactones) is 2. The summed E-state index contributed by atoms with van der Waals surface area (Å²) in [6, 6.07) is 17.7. The topological polar surface area (TPSA) is 65.0 Å². The molecule has 2 aromatic rings. The molecule has 5 nitrogen and oxygen atoms in total. The molecule has 1 aliphatic heterocycles. The Hall–Kier alpha value is -2.37. The highest BCUT2D eigenvalue weighted by Crippen LogP contribution is 2.46. The molecule has 0 bridgehead atoms. The maximum absolute atomic E-state index is 11.5. The lowest BCUT2D eigenvalue weighted by molar-refractivity contribution is -0.401. The van der Waals surface area contributed by atoms with E-state index in [1.54, 1.807) is 48.5 Å². The second-order valence-electron chi connectivity index (χ2n) is 4.39. The molecule has 2 aromatic carbocycles. The zero-order chi connectivity index (χ0) is 14.0. The highest BCUT2D eigenvalue weighted by molar-refractivity contribution is 5.64. The largest absolute Gasteiger partial charge is 0.512 e. The lowest BCUT2D eigenvalue weighted by Crippen LogP contribution is -2.34. The second kappa shape index (κ2) is 4.96. The molecule has 1 saturated heterocycles. The van der Waals surface area contributed by atoms with Crippen LogP contribution in [0.2, 0.25) is 0 Å². The van der Waals surface area contributed by atoms with E-state index >= 15 is 0 Å². The monoisotopic (exact) mass is 272 g/mol. The Morgan fingerprint density at radius 1 is 1.00 bits per heavy atom. The SMILES string of the molecule is O=C1OC(c2ccccc2)C(OO)(c2ccccc2)O1. The smallest absolute Gasteiger partial charge is 0.418 e. The van der Waals surface area contributed by atoms with E-state index in [-0.39, 0.29) is 0 Å². The van der Waals surface area contributed by atoms with Crippen LogP contribution in [-0.4, -0.2) is 11.4 Å². The highest BCUT2D eigenvalue weighted by atomic mass is 17.2. The van der Waals surface area contributed by atoms with E-state index < -0.39 is 18.0 Å². The van der Waals surface area contributed by atoms with E-state index in [1.807, 2.05) is 12.1 Å². The lowest BCUT2D eigenvalue weighted by Gasteiger charge is -2.27. The lowest BCUT2D eigenvalue weighted by atomic mass is 9.95. The number of carbonyl (C=O) groups excluding carboxylic acids is 1. The number of carbonyl (C=O) groups is 1. The van der Waals surface area contributed by atoms with E-state index in [4.69, 9.17) is 9.47 Å². The van der Waals surface area contributed by atoms with Crippen LogP contribution in [-0.2, 0) is 20.1 Å². The molecule has 0 spiro atoms. The van der Waals surface area contributed by atoms with Crippen molar-refractivity contribution >= 4 is 6.16 Å². The van der Waals surface area contributed by atoms with Crippen LogP contribution in [0.5, 0.6) is 0 Å². The average molecular weight is 272 g/mol. The first-order valence-corrected chi connectivity index (χ1v) is 6.09. The van der Waals surface area contributed by atoms with Gasteiger partial charge in [-0.05, 0) is 5.56 Å². The fourth-order valence-corrected chi connectivity index (χ4v) is 2.29. The summed E-state index contributed by atoms with van der Waals surface area (Å²) in [5.74, 6) is -1.69. The number of rotatable bonds is 3. The van der Waals surface area contributed by atoms with Crippen molar-refractivity contribution < 1.29 is 24.4 Å². The van der Waals surface area contributed by atoms with Crippen molar-refractivity contribution in [2.24, 2.45) is 0 Å². The van der Waals surface area contributed by atoms with E-state index in [0.717, 1.165) is 0 Å². The molecule has 0 amide bonds. The van der Waals surface area contributed by atoms with Gasteiger partial charge in [-0.1, -0.05) is 60.7 Å². The molecule has 0 aromatic heterocycles. The first kappa shape index (κ1) is 12.7. The van der Waals surface area contributed by atoms with Crippen molar-refractivity contribution in [3.63, 3.8) is 0 Å². The van der Waals surface area contributed by atoms with Crippen molar-refractivity contribution in [2.45, 2.75) is 11.9 Å². The van der Waals surface area contributed by atoms with Gasteiger partial charge in [-0.3, -0.25) is 0 Å². The predicted octanol–water partition coefficient (Wildman–Crippen LogP) is 3.24. The van der Waals surface area contributed by atoms with Crippen LogP contribution in [0.3, 0.4) is 0 Å². The molecule has 3 rings (SSSR count). The molecule has 5 heteroatoms. The third-order valence-corrected chi connectivity index (χ3v) is 3.21. The summed E-state index contributed by atoms with van der Waals surface area (Å²) < 4.78 is 10.3. The van der Waals surface area contributed by atoms with E-state index in [1.165, 1.54) is 0 Å². The Balaban J connectivity index is 2.10. The molecule has 1 heterocycles. The van der Waals surface area contributed by atoms with Crippen LogP contribution in [0.15, 0.2) is 60.7 Å². The molecule has 102 valence electrons. The maximum atomic E-state index is 11.5. The van der Waals surface area contributed by atoms with Crippen molar-refractivity contribution in [3.8, 4) is 0 Å². The van der Waals surface area contributed by atoms with Gasteiger partial charge < -0.3 is 9.47 Å². The molecule has 2 unspecified atom stereocenters. The fraction of sp³-hybridized carbons (Fsp3) is 0.133. The Labute approximate surface area is 115 Å². The summed E-state index contributed by atoms with van der Waals surface area (Å²) in [5.41, 5.74) is 1.15. The van der Waals surface area contributed by atoms with Gasteiger partial charge in [0.25, 0.3) is 0 Å². The van der Waals surface area contributed by atoms with Gasteiger partial charge in [-0.15, -0.1) is 0 Å². The number of hydrogen-bond acceptors (Lipinski definition) is 5. The van der Waals surface area contributed by atoms with Crippen molar-refractivity contribution in [1.82, 2.24) is 0 Å². The Morgan fingerprint density at radius 3 is 2.20 bits per heavy atom. The molecule has 20 heavy (non-hydrogen) atoms. The summed E-state index contributed by atoms with van der Waals surface area (Å²) >= 11 is 0. The van der Waals surface area contributed by atoms with Gasteiger partial charge in [-0.25, -0.2) is 10.1 Å². The summed E-state index contributed by atoms with van der Waals surface area (Å²) in [6.45, 7) is 0. The van der Waals surface area contributed by atoms with Crippen molar-refractivity contribution in [1.29, 1.82) is 0 Å². The second-order valence-corrected chi connectivity index (χ2v) is 4.39. The molecule has 1 aliphatic rings. The molecule has 1 fully saturated rings. The predicted molar refractivity (Wildman–Crippen MR) is 68.6 cm³/mol. The molecular formula is C15H12O5. The van der Waals surface area contributed by atoms with Crippen molar-refractivity contribution in [3.05, 3.63) is 71.8 Å². The minimum atomic E-state index is -1.69. The van der Waals surface area contributed by atoms with Gasteiger partial charge in [0.05, 0.1) is 0 Å². The average Bonchev–Trinajstić information content (AvgIpc) is 2.87. The minimum absolute atomic E-state index is 0.488. The minimum Gasteiger partial charge on any atom is -0.418 e. The molecule has 2 atom stereocenters. The van der Waals surface area contributed by atoms with Gasteiger partial charge in [0.2, 0.25) is 6.10 Å². The standard InChI is InChI=1S/C15H12O5/c16-14-18-13(11-7-3-1-4-8-11)15(19-14,20-17)12-9-5-2-6-10-12/h1-10,13,17H. The van der Waals surface area contributed by atoms with E-state index in [9.17, 15) is 10.1 Å². The molecule has 1 N–H and O–H groups in total. The molecule has 0 radical (unpaired) electrons. The third kappa shape index (κ3) is 1.93. The van der Waals surface area contributed by atoms with Crippen LogP contribution < -0.4 is 0 Å². The van der Waals surface area contributed by atoms with Crippen LogP contribution in [0.4, 0.5) is 4.79 Å². The maximum Gasteiger partial charge on any atom is 0.512 e. The Morgan fingerprint density at radius 2 is 1.60 bits per heavy atom. The highest BCUT2D eigenvalue weighted by Gasteiger charge is 2.56. The normalized spacial score (nSPS) is 25.1. The van der Waals surface area contributed by atoms with Gasteiger partial charge in [-0.2, -0.15) is 4.89 Å². The first-order valence-electron chi connectivity index (χ1n) is 6.09. The number of ether oxygens (including phenoxy) is 2. The summed E-state index contributed by atoms with van der Waals surface area (Å²) in [7, 11) is 0. The molecular weight excluding hydrogens is 260 g/mol. The molecule has 0 saturated carbocycles. The Bertz CT molecular complexity index is 598. The van der Waals surface area contributed by atoms with Gasteiger partial charge in [0.15, 0.2) is 0 Å². The van der Waals surface area contributed by atoms with Crippen LogP contribution in [0, 0.1) is 0 Å². The van der Waals surface area contributed by atoms with Crippen molar-refractivity contribution in [2.75, 3.05) is 0 Å². The summed E-state index contributed by atoms with van der Waals surface area (Å²) in [5, 5.41) is 9.36.